The van der Waals surface area contributed by atoms with Gasteiger partial charge in [0.05, 0.1) is 11.2 Å². The maximum Gasteiger partial charge on any atom is 0.342 e. The van der Waals surface area contributed by atoms with Crippen LogP contribution in [0.15, 0.2) is 35.1 Å². The van der Waals surface area contributed by atoms with E-state index in [1.54, 1.807) is 12.1 Å². The fourth-order valence-electron chi connectivity index (χ4n) is 1.36. The van der Waals surface area contributed by atoms with Gasteiger partial charge in [-0.25, -0.2) is 9.78 Å². The van der Waals surface area contributed by atoms with Gasteiger partial charge in [-0.15, -0.1) is 0 Å². The van der Waals surface area contributed by atoms with E-state index in [0.29, 0.717) is 5.76 Å². The maximum absolute atomic E-state index is 10.9. The predicted octanol–water partition coefficient (Wildman–Crippen LogP) is 1.86. The molecule has 98 valence electrons. The van der Waals surface area contributed by atoms with Crippen molar-refractivity contribution in [2.24, 2.45) is 0 Å². The van der Waals surface area contributed by atoms with Crippen molar-refractivity contribution < 1.29 is 24.0 Å². The normalized spacial score (nSPS) is 10.1. The standard InChI is InChI=1S/C11H8N2O6/c14-11(15)8-4-10(12-5-9(8)13(16)17)19-6-7-2-1-3-18-7/h1-5H,6H2,(H,14,15). The molecule has 0 radical (unpaired) electrons. The molecule has 8 nitrogen and oxygen atoms in total. The summed E-state index contributed by atoms with van der Waals surface area (Å²) in [6.07, 6.45) is 2.31. The van der Waals surface area contributed by atoms with Crippen LogP contribution >= 0.6 is 0 Å². The molecule has 0 saturated heterocycles. The number of pyridine rings is 1. The Kier molecular flexibility index (Phi) is 3.42. The van der Waals surface area contributed by atoms with Gasteiger partial charge in [0.1, 0.15) is 24.1 Å². The smallest absolute Gasteiger partial charge is 0.342 e. The highest BCUT2D eigenvalue weighted by Crippen LogP contribution is 2.22. The molecular formula is C11H8N2O6. The van der Waals surface area contributed by atoms with Crippen molar-refractivity contribution in [3.8, 4) is 5.88 Å². The van der Waals surface area contributed by atoms with Gasteiger partial charge in [0.25, 0.3) is 0 Å². The number of hydrogen-bond donors (Lipinski definition) is 1. The molecule has 0 spiro atoms. The number of nitrogens with zero attached hydrogens (tertiary/aromatic N) is 2. The number of rotatable bonds is 5. The maximum atomic E-state index is 10.9. The Hall–Kier alpha value is -2.90. The molecule has 0 amide bonds. The zero-order valence-electron chi connectivity index (χ0n) is 9.48. The van der Waals surface area contributed by atoms with Gasteiger partial charge in [0, 0.05) is 6.07 Å². The molecular weight excluding hydrogens is 256 g/mol. The van der Waals surface area contributed by atoms with Gasteiger partial charge in [0.15, 0.2) is 0 Å². The lowest BCUT2D eigenvalue weighted by molar-refractivity contribution is -0.385. The Bertz CT molecular complexity index is 608. The van der Waals surface area contributed by atoms with E-state index in [1.807, 2.05) is 0 Å². The number of aromatic nitrogens is 1. The average Bonchev–Trinajstić information content (AvgIpc) is 2.88. The number of nitro groups is 1. The second-order valence-corrected chi connectivity index (χ2v) is 3.47. The molecule has 0 saturated carbocycles. The Morgan fingerprint density at radius 1 is 1.58 bits per heavy atom. The zero-order valence-corrected chi connectivity index (χ0v) is 9.48. The number of ether oxygens (including phenoxy) is 1. The van der Waals surface area contributed by atoms with Gasteiger partial charge in [-0.3, -0.25) is 10.1 Å². The van der Waals surface area contributed by atoms with Gasteiger partial charge in [-0.05, 0) is 12.1 Å². The van der Waals surface area contributed by atoms with E-state index in [0.717, 1.165) is 12.3 Å². The first-order valence-corrected chi connectivity index (χ1v) is 5.11. The summed E-state index contributed by atoms with van der Waals surface area (Å²) in [6.45, 7) is 0.0525. The van der Waals surface area contributed by atoms with Crippen LogP contribution in [0.1, 0.15) is 16.1 Å². The van der Waals surface area contributed by atoms with Crippen LogP contribution in [0.3, 0.4) is 0 Å². The molecule has 0 aliphatic heterocycles. The summed E-state index contributed by atoms with van der Waals surface area (Å²) in [4.78, 5) is 24.4. The molecule has 0 unspecified atom stereocenters. The minimum Gasteiger partial charge on any atom is -0.477 e. The minimum atomic E-state index is -1.42. The number of carbonyl (C=O) groups is 1. The molecule has 0 atom stereocenters. The van der Waals surface area contributed by atoms with Crippen LogP contribution in [0.25, 0.3) is 0 Å². The van der Waals surface area contributed by atoms with Crippen molar-refractivity contribution in [2.75, 3.05) is 0 Å². The highest BCUT2D eigenvalue weighted by atomic mass is 16.6. The summed E-state index contributed by atoms with van der Waals surface area (Å²) in [6, 6.07) is 4.34. The topological polar surface area (TPSA) is 116 Å². The monoisotopic (exact) mass is 264 g/mol. The molecule has 2 rings (SSSR count). The Balaban J connectivity index is 2.20. The molecule has 0 aliphatic rings. The highest BCUT2D eigenvalue weighted by Gasteiger charge is 2.21. The van der Waals surface area contributed by atoms with Crippen LogP contribution in [0, 0.1) is 10.1 Å². The molecule has 0 aliphatic carbocycles. The number of carboxylic acid groups (broad SMARTS) is 1. The van der Waals surface area contributed by atoms with E-state index in [1.165, 1.54) is 6.26 Å². The first-order valence-electron chi connectivity index (χ1n) is 5.11. The fraction of sp³-hybridized carbons (Fsp3) is 0.0909. The highest BCUT2D eigenvalue weighted by molar-refractivity contribution is 5.92. The summed E-state index contributed by atoms with van der Waals surface area (Å²) in [5, 5.41) is 19.5. The van der Waals surface area contributed by atoms with E-state index < -0.39 is 22.1 Å². The predicted molar refractivity (Wildman–Crippen MR) is 60.9 cm³/mol. The van der Waals surface area contributed by atoms with Crippen molar-refractivity contribution in [3.63, 3.8) is 0 Å². The molecule has 19 heavy (non-hydrogen) atoms. The largest absolute Gasteiger partial charge is 0.477 e. The molecule has 8 heteroatoms. The molecule has 2 aromatic heterocycles. The van der Waals surface area contributed by atoms with E-state index in [-0.39, 0.29) is 12.5 Å². The van der Waals surface area contributed by atoms with Crippen LogP contribution < -0.4 is 4.74 Å². The average molecular weight is 264 g/mol. The van der Waals surface area contributed by atoms with Crippen molar-refractivity contribution in [1.29, 1.82) is 0 Å². The second-order valence-electron chi connectivity index (χ2n) is 3.47. The summed E-state index contributed by atoms with van der Waals surface area (Å²) < 4.78 is 10.2. The lowest BCUT2D eigenvalue weighted by atomic mass is 10.2. The number of aromatic carboxylic acids is 1. The van der Waals surface area contributed by atoms with Gasteiger partial charge in [-0.2, -0.15) is 0 Å². The number of carboxylic acids is 1. The fourth-order valence-corrected chi connectivity index (χ4v) is 1.36. The van der Waals surface area contributed by atoms with Crippen LogP contribution in [0.2, 0.25) is 0 Å². The number of hydrogen-bond acceptors (Lipinski definition) is 6. The lowest BCUT2D eigenvalue weighted by Gasteiger charge is -2.04. The molecule has 2 aromatic rings. The van der Waals surface area contributed by atoms with Crippen LogP contribution in [0.5, 0.6) is 5.88 Å². The molecule has 2 heterocycles. The van der Waals surface area contributed by atoms with E-state index in [2.05, 4.69) is 4.98 Å². The third kappa shape index (κ3) is 2.86. The SMILES string of the molecule is O=C(O)c1cc(OCc2ccco2)ncc1[N+](=O)[O-]. The molecule has 1 N–H and O–H groups in total. The summed E-state index contributed by atoms with van der Waals surface area (Å²) in [5.41, 5.74) is -1.06. The minimum absolute atomic E-state index is 0.0283. The van der Waals surface area contributed by atoms with Gasteiger partial charge in [0.2, 0.25) is 5.88 Å². The van der Waals surface area contributed by atoms with Gasteiger partial charge < -0.3 is 14.3 Å². The van der Waals surface area contributed by atoms with Gasteiger partial charge >= 0.3 is 11.7 Å². The molecule has 0 aromatic carbocycles. The Morgan fingerprint density at radius 3 is 2.95 bits per heavy atom. The third-order valence-electron chi connectivity index (χ3n) is 2.23. The summed E-state index contributed by atoms with van der Waals surface area (Å²) in [5.74, 6) is -0.923. The van der Waals surface area contributed by atoms with E-state index >= 15 is 0 Å². The van der Waals surface area contributed by atoms with Gasteiger partial charge in [-0.1, -0.05) is 0 Å². The first kappa shape index (κ1) is 12.6. The van der Waals surface area contributed by atoms with Crippen molar-refractivity contribution in [3.05, 3.63) is 52.1 Å². The van der Waals surface area contributed by atoms with Crippen molar-refractivity contribution >= 4 is 11.7 Å². The number of furan rings is 1. The van der Waals surface area contributed by atoms with Crippen LogP contribution in [-0.4, -0.2) is 21.0 Å². The van der Waals surface area contributed by atoms with Crippen molar-refractivity contribution in [1.82, 2.24) is 4.98 Å². The van der Waals surface area contributed by atoms with E-state index in [9.17, 15) is 14.9 Å². The quantitative estimate of drug-likeness (QED) is 0.647. The third-order valence-corrected chi connectivity index (χ3v) is 2.23. The summed E-state index contributed by atoms with van der Waals surface area (Å²) >= 11 is 0. The first-order chi connectivity index (χ1) is 9.08. The van der Waals surface area contributed by atoms with E-state index in [4.69, 9.17) is 14.3 Å². The van der Waals surface area contributed by atoms with Crippen LogP contribution in [-0.2, 0) is 6.61 Å². The Morgan fingerprint density at radius 2 is 2.37 bits per heavy atom. The zero-order chi connectivity index (χ0) is 13.8. The lowest BCUT2D eigenvalue weighted by Crippen LogP contribution is -2.05. The molecule has 0 bridgehead atoms. The van der Waals surface area contributed by atoms with Crippen LogP contribution in [0.4, 0.5) is 5.69 Å². The summed E-state index contributed by atoms with van der Waals surface area (Å²) in [7, 11) is 0. The van der Waals surface area contributed by atoms with Crippen molar-refractivity contribution in [2.45, 2.75) is 6.61 Å². The molecule has 0 fully saturated rings. The second kappa shape index (κ2) is 5.17. The Labute approximate surface area is 106 Å².